The minimum atomic E-state index is -3.73. The van der Waals surface area contributed by atoms with Gasteiger partial charge in [0.05, 0.1) is 11.4 Å². The minimum absolute atomic E-state index is 0.0204. The maximum atomic E-state index is 12.3. The van der Waals surface area contributed by atoms with Gasteiger partial charge in [-0.05, 0) is 12.1 Å². The highest BCUT2D eigenvalue weighted by atomic mass is 32.2. The molecular formula is C12H19N3O3S. The first-order valence-electron chi connectivity index (χ1n) is 5.94. The van der Waals surface area contributed by atoms with Crippen LogP contribution in [-0.4, -0.2) is 32.1 Å². The molecule has 0 aliphatic carbocycles. The number of anilines is 2. The number of hydrogen-bond donors (Lipinski definition) is 2. The minimum Gasteiger partial charge on any atom is -0.397 e. The molecule has 0 unspecified atom stereocenters. The molecule has 0 heterocycles. The molecule has 0 saturated heterocycles. The first-order chi connectivity index (χ1) is 8.75. The monoisotopic (exact) mass is 285 g/mol. The summed E-state index contributed by atoms with van der Waals surface area (Å²) in [6.45, 7) is 3.70. The summed E-state index contributed by atoms with van der Waals surface area (Å²) >= 11 is 0. The van der Waals surface area contributed by atoms with E-state index in [1.807, 2.05) is 0 Å². The van der Waals surface area contributed by atoms with Crippen molar-refractivity contribution in [1.29, 1.82) is 0 Å². The number of nitrogens with two attached hydrogens (primary N) is 2. The van der Waals surface area contributed by atoms with Crippen molar-refractivity contribution in [2.45, 2.75) is 25.2 Å². The van der Waals surface area contributed by atoms with Crippen LogP contribution in [0.4, 0.5) is 11.4 Å². The van der Waals surface area contributed by atoms with Gasteiger partial charge in [-0.2, -0.15) is 0 Å². The Hall–Kier alpha value is -1.60. The summed E-state index contributed by atoms with van der Waals surface area (Å²) < 4.78 is 25.7. The van der Waals surface area contributed by atoms with Crippen LogP contribution >= 0.6 is 0 Å². The highest BCUT2D eigenvalue weighted by Crippen LogP contribution is 2.29. The van der Waals surface area contributed by atoms with Gasteiger partial charge in [-0.1, -0.05) is 13.8 Å². The Balaban J connectivity index is 3.52. The quantitative estimate of drug-likeness (QED) is 0.622. The first-order valence-corrected chi connectivity index (χ1v) is 7.38. The van der Waals surface area contributed by atoms with Crippen LogP contribution in [0.3, 0.4) is 0 Å². The van der Waals surface area contributed by atoms with Crippen molar-refractivity contribution in [2.24, 2.45) is 0 Å². The maximum Gasteiger partial charge on any atom is 0.244 e. The van der Waals surface area contributed by atoms with Crippen molar-refractivity contribution < 1.29 is 13.2 Å². The fourth-order valence-electron chi connectivity index (χ4n) is 1.56. The molecule has 106 valence electrons. The Labute approximate surface area is 113 Å². The van der Waals surface area contributed by atoms with Crippen molar-refractivity contribution in [1.82, 2.24) is 4.31 Å². The third kappa shape index (κ3) is 2.87. The van der Waals surface area contributed by atoms with Crippen molar-refractivity contribution in [3.63, 3.8) is 0 Å². The van der Waals surface area contributed by atoms with Crippen LogP contribution in [0, 0.1) is 0 Å². The van der Waals surface area contributed by atoms with Crippen LogP contribution in [0.15, 0.2) is 17.0 Å². The van der Waals surface area contributed by atoms with Gasteiger partial charge in [-0.15, -0.1) is 0 Å². The van der Waals surface area contributed by atoms with Crippen LogP contribution in [0.25, 0.3) is 0 Å². The number of nitrogens with zero attached hydrogens (tertiary/aromatic N) is 1. The highest BCUT2D eigenvalue weighted by molar-refractivity contribution is 7.89. The molecule has 0 aliphatic rings. The van der Waals surface area contributed by atoms with E-state index in [-0.39, 0.29) is 34.0 Å². The molecule has 1 aromatic rings. The molecule has 0 bridgehead atoms. The Bertz CT molecular complexity index is 596. The van der Waals surface area contributed by atoms with Gasteiger partial charge in [-0.25, -0.2) is 12.7 Å². The fourth-order valence-corrected chi connectivity index (χ4v) is 2.91. The molecule has 7 heteroatoms. The van der Waals surface area contributed by atoms with E-state index in [0.29, 0.717) is 6.54 Å². The van der Waals surface area contributed by atoms with Gasteiger partial charge < -0.3 is 11.5 Å². The number of carbonyl (C=O) groups is 1. The molecule has 1 rings (SSSR count). The molecule has 0 saturated carbocycles. The van der Waals surface area contributed by atoms with Crippen molar-refractivity contribution in [2.75, 3.05) is 25.1 Å². The molecule has 0 aromatic heterocycles. The topological polar surface area (TPSA) is 106 Å². The van der Waals surface area contributed by atoms with Gasteiger partial charge in [-0.3, -0.25) is 4.79 Å². The third-order valence-electron chi connectivity index (χ3n) is 2.95. The molecular weight excluding hydrogens is 266 g/mol. The molecule has 0 atom stereocenters. The number of benzene rings is 1. The summed E-state index contributed by atoms with van der Waals surface area (Å²) in [5, 5.41) is 0. The van der Waals surface area contributed by atoms with E-state index < -0.39 is 10.0 Å². The van der Waals surface area contributed by atoms with Crippen LogP contribution in [0.1, 0.15) is 30.6 Å². The number of rotatable bonds is 5. The predicted molar refractivity (Wildman–Crippen MR) is 75.4 cm³/mol. The Morgan fingerprint density at radius 2 is 1.84 bits per heavy atom. The lowest BCUT2D eigenvalue weighted by molar-refractivity contribution is 0.0988. The molecule has 6 nitrogen and oxygen atoms in total. The first kappa shape index (κ1) is 15.5. The van der Waals surface area contributed by atoms with E-state index in [9.17, 15) is 13.2 Å². The van der Waals surface area contributed by atoms with Gasteiger partial charge in [0.15, 0.2) is 5.78 Å². The molecule has 0 aliphatic heterocycles. The maximum absolute atomic E-state index is 12.3. The lowest BCUT2D eigenvalue weighted by atomic mass is 10.1. The van der Waals surface area contributed by atoms with Crippen LogP contribution < -0.4 is 11.5 Å². The average molecular weight is 285 g/mol. The van der Waals surface area contributed by atoms with E-state index in [2.05, 4.69) is 0 Å². The van der Waals surface area contributed by atoms with E-state index in [1.165, 1.54) is 19.2 Å². The van der Waals surface area contributed by atoms with Crippen molar-refractivity contribution in [3.05, 3.63) is 17.7 Å². The molecule has 19 heavy (non-hydrogen) atoms. The van der Waals surface area contributed by atoms with E-state index >= 15 is 0 Å². The van der Waals surface area contributed by atoms with Crippen molar-refractivity contribution >= 4 is 27.2 Å². The van der Waals surface area contributed by atoms with Gasteiger partial charge in [0.2, 0.25) is 10.0 Å². The van der Waals surface area contributed by atoms with E-state index in [1.54, 1.807) is 13.8 Å². The largest absolute Gasteiger partial charge is 0.397 e. The number of nitrogen functional groups attached to an aromatic ring is 2. The predicted octanol–water partition coefficient (Wildman–Crippen LogP) is 1.08. The summed E-state index contributed by atoms with van der Waals surface area (Å²) in [6, 6.07) is 2.70. The number of Topliss-reactive ketones (excluding diaryl/α,β-unsaturated/α-hetero) is 1. The zero-order valence-electron chi connectivity index (χ0n) is 11.3. The van der Waals surface area contributed by atoms with E-state index in [0.717, 1.165) is 4.31 Å². The number of carbonyl (C=O) groups excluding carboxylic acids is 1. The Kier molecular flexibility index (Phi) is 4.54. The molecule has 0 fully saturated rings. The number of sulfonamides is 1. The second-order valence-corrected chi connectivity index (χ2v) is 6.19. The van der Waals surface area contributed by atoms with E-state index in [4.69, 9.17) is 11.5 Å². The molecule has 1 aromatic carbocycles. The molecule has 0 amide bonds. The lowest BCUT2D eigenvalue weighted by Crippen LogP contribution is -2.27. The average Bonchev–Trinajstić information content (AvgIpc) is 2.39. The second kappa shape index (κ2) is 5.58. The smallest absolute Gasteiger partial charge is 0.244 e. The van der Waals surface area contributed by atoms with Crippen molar-refractivity contribution in [3.8, 4) is 0 Å². The van der Waals surface area contributed by atoms with Gasteiger partial charge >= 0.3 is 0 Å². The summed E-state index contributed by atoms with van der Waals surface area (Å²) in [5.74, 6) is -0.178. The van der Waals surface area contributed by atoms with Gasteiger partial charge in [0.1, 0.15) is 4.90 Å². The summed E-state index contributed by atoms with van der Waals surface area (Å²) in [5.41, 5.74) is 11.8. The normalized spacial score (nSPS) is 11.8. The van der Waals surface area contributed by atoms with Crippen LogP contribution in [0.2, 0.25) is 0 Å². The number of ketones is 1. The lowest BCUT2D eigenvalue weighted by Gasteiger charge is -2.18. The van der Waals surface area contributed by atoms with Gasteiger partial charge in [0, 0.05) is 25.6 Å². The Morgan fingerprint density at radius 3 is 2.32 bits per heavy atom. The third-order valence-corrected chi connectivity index (χ3v) is 4.92. The standard InChI is InChI=1S/C12H19N3O3S/c1-4-10(16)8-6-9(13)12(14)11(7-8)19(17,18)15(3)5-2/h6-7H,4-5,13-14H2,1-3H3. The summed E-state index contributed by atoms with van der Waals surface area (Å²) in [7, 11) is -2.29. The molecule has 4 N–H and O–H groups in total. The van der Waals surface area contributed by atoms with Crippen LogP contribution in [0.5, 0.6) is 0 Å². The summed E-state index contributed by atoms with van der Waals surface area (Å²) in [6.07, 6.45) is 0.270. The highest BCUT2D eigenvalue weighted by Gasteiger charge is 2.24. The molecule has 0 radical (unpaired) electrons. The molecule has 0 spiro atoms. The summed E-state index contributed by atoms with van der Waals surface area (Å²) in [4.78, 5) is 11.6. The number of hydrogen-bond acceptors (Lipinski definition) is 5. The Morgan fingerprint density at radius 1 is 1.26 bits per heavy atom. The van der Waals surface area contributed by atoms with Gasteiger partial charge in [0.25, 0.3) is 0 Å². The zero-order valence-corrected chi connectivity index (χ0v) is 12.1. The second-order valence-electron chi connectivity index (χ2n) is 4.17. The zero-order chi connectivity index (χ0) is 14.8. The fraction of sp³-hybridized carbons (Fsp3) is 0.417. The van der Waals surface area contributed by atoms with Crippen LogP contribution in [-0.2, 0) is 10.0 Å². The SMILES string of the molecule is CCC(=O)c1cc(N)c(N)c(S(=O)(=O)N(C)CC)c1.